The van der Waals surface area contributed by atoms with Crippen LogP contribution in [0.1, 0.15) is 5.56 Å². The molecule has 8 nitrogen and oxygen atoms in total. The van der Waals surface area contributed by atoms with Gasteiger partial charge in [0, 0.05) is 25.1 Å². The lowest BCUT2D eigenvalue weighted by Gasteiger charge is -2.04. The van der Waals surface area contributed by atoms with E-state index in [4.69, 9.17) is 5.26 Å². The maximum absolute atomic E-state index is 11.8. The van der Waals surface area contributed by atoms with Gasteiger partial charge in [0.1, 0.15) is 18.0 Å². The molecule has 2 aromatic heterocycles. The van der Waals surface area contributed by atoms with Gasteiger partial charge < -0.3 is 10.6 Å². The summed E-state index contributed by atoms with van der Waals surface area (Å²) in [5.41, 5.74) is 0.784. The van der Waals surface area contributed by atoms with Crippen LogP contribution in [0.25, 0.3) is 0 Å². The summed E-state index contributed by atoms with van der Waals surface area (Å²) in [4.78, 5) is 19.5. The van der Waals surface area contributed by atoms with Gasteiger partial charge in [-0.05, 0) is 11.6 Å². The minimum absolute atomic E-state index is 0.0645. The molecule has 0 aliphatic heterocycles. The molecule has 0 aliphatic carbocycles. The van der Waals surface area contributed by atoms with Crippen molar-refractivity contribution < 1.29 is 4.79 Å². The molecule has 0 saturated heterocycles. The zero-order valence-corrected chi connectivity index (χ0v) is 10.4. The Morgan fingerprint density at radius 1 is 1.55 bits per heavy atom. The molecule has 0 saturated carbocycles. The van der Waals surface area contributed by atoms with E-state index in [0.717, 1.165) is 5.56 Å². The van der Waals surface area contributed by atoms with E-state index >= 15 is 0 Å². The summed E-state index contributed by atoms with van der Waals surface area (Å²) in [6, 6.07) is 5.41. The topological polar surface area (TPSA) is 119 Å². The van der Waals surface area contributed by atoms with Crippen molar-refractivity contribution in [2.45, 2.75) is 6.54 Å². The van der Waals surface area contributed by atoms with Crippen LogP contribution in [0.2, 0.25) is 0 Å². The van der Waals surface area contributed by atoms with Crippen molar-refractivity contribution in [1.29, 1.82) is 5.26 Å². The number of nitrogens with zero attached hydrogens (tertiary/aromatic N) is 4. The average Bonchev–Trinajstić information content (AvgIpc) is 3.00. The van der Waals surface area contributed by atoms with E-state index in [0.29, 0.717) is 12.5 Å². The number of carbonyl (C=O) groups is 1. The molecule has 2 rings (SSSR count). The fourth-order valence-electron chi connectivity index (χ4n) is 1.34. The van der Waals surface area contributed by atoms with Gasteiger partial charge in [-0.15, -0.1) is 0 Å². The van der Waals surface area contributed by atoms with Crippen LogP contribution in [0, 0.1) is 11.3 Å². The zero-order valence-electron chi connectivity index (χ0n) is 10.4. The smallest absolute Gasteiger partial charge is 0.263 e. The van der Waals surface area contributed by atoms with Crippen LogP contribution < -0.4 is 10.6 Å². The predicted molar refractivity (Wildman–Crippen MR) is 69.8 cm³/mol. The molecule has 0 spiro atoms. The lowest BCUT2D eigenvalue weighted by atomic mass is 10.2. The highest BCUT2D eigenvalue weighted by atomic mass is 16.1. The van der Waals surface area contributed by atoms with Crippen molar-refractivity contribution in [3.8, 4) is 6.07 Å². The summed E-state index contributed by atoms with van der Waals surface area (Å²) in [7, 11) is 0. The van der Waals surface area contributed by atoms with Gasteiger partial charge in [-0.1, -0.05) is 6.07 Å². The number of H-pyrrole nitrogens is 1. The van der Waals surface area contributed by atoms with Gasteiger partial charge in [-0.3, -0.25) is 9.78 Å². The monoisotopic (exact) mass is 269 g/mol. The number of nitrogens with one attached hydrogen (secondary N) is 3. The van der Waals surface area contributed by atoms with Crippen molar-refractivity contribution in [3.63, 3.8) is 0 Å². The normalized spacial score (nSPS) is 10.7. The lowest BCUT2D eigenvalue weighted by Crippen LogP contribution is -2.24. The van der Waals surface area contributed by atoms with Crippen LogP contribution in [-0.2, 0) is 11.3 Å². The summed E-state index contributed by atoms with van der Waals surface area (Å²) in [6.45, 7) is 0.300. The molecule has 0 radical (unpaired) electrons. The number of rotatable bonds is 5. The molecule has 3 N–H and O–H groups in total. The van der Waals surface area contributed by atoms with Gasteiger partial charge in [0.15, 0.2) is 0 Å². The molecule has 2 heterocycles. The molecule has 2 aromatic rings. The zero-order chi connectivity index (χ0) is 14.2. The number of aromatic amines is 1. The van der Waals surface area contributed by atoms with E-state index in [9.17, 15) is 4.79 Å². The summed E-state index contributed by atoms with van der Waals surface area (Å²) in [5, 5.41) is 20.4. The SMILES string of the molecule is N#C/C(=C/Nc1ncn[nH]1)C(=O)NCc1cccnc1. The van der Waals surface area contributed by atoms with E-state index in [-0.39, 0.29) is 5.57 Å². The number of pyridine rings is 1. The standard InChI is InChI=1S/C12H11N7O/c13-4-10(7-16-12-17-8-18-19-12)11(20)15-6-9-2-1-3-14-5-9/h1-3,5,7-8H,6H2,(H,15,20)(H2,16,17,18,19)/b10-7-. The van der Waals surface area contributed by atoms with Crippen LogP contribution in [0.3, 0.4) is 0 Å². The highest BCUT2D eigenvalue weighted by Crippen LogP contribution is 1.99. The number of hydrogen-bond donors (Lipinski definition) is 3. The number of carbonyl (C=O) groups excluding carboxylic acids is 1. The van der Waals surface area contributed by atoms with E-state index in [2.05, 4.69) is 30.8 Å². The number of anilines is 1. The Morgan fingerprint density at radius 3 is 3.10 bits per heavy atom. The van der Waals surface area contributed by atoms with E-state index in [1.54, 1.807) is 18.5 Å². The van der Waals surface area contributed by atoms with Gasteiger partial charge in [0.2, 0.25) is 5.95 Å². The molecular formula is C12H11N7O. The second kappa shape index (κ2) is 6.65. The summed E-state index contributed by atoms with van der Waals surface area (Å²) < 4.78 is 0. The van der Waals surface area contributed by atoms with Crippen molar-refractivity contribution in [3.05, 3.63) is 48.2 Å². The minimum Gasteiger partial charge on any atom is -0.347 e. The van der Waals surface area contributed by atoms with Gasteiger partial charge in [-0.25, -0.2) is 5.10 Å². The Hall–Kier alpha value is -3.21. The van der Waals surface area contributed by atoms with Crippen LogP contribution >= 0.6 is 0 Å². The lowest BCUT2D eigenvalue weighted by molar-refractivity contribution is -0.117. The largest absolute Gasteiger partial charge is 0.347 e. The Kier molecular flexibility index (Phi) is 4.40. The molecule has 0 aliphatic rings. The number of amides is 1. The van der Waals surface area contributed by atoms with E-state index in [1.807, 2.05) is 12.1 Å². The number of nitriles is 1. The van der Waals surface area contributed by atoms with Crippen molar-refractivity contribution in [2.24, 2.45) is 0 Å². The third-order valence-electron chi connectivity index (χ3n) is 2.31. The highest BCUT2D eigenvalue weighted by molar-refractivity contribution is 5.97. The van der Waals surface area contributed by atoms with Gasteiger partial charge in [0.25, 0.3) is 5.91 Å². The first-order valence-electron chi connectivity index (χ1n) is 5.69. The Morgan fingerprint density at radius 2 is 2.45 bits per heavy atom. The quantitative estimate of drug-likeness (QED) is 0.531. The summed E-state index contributed by atoms with van der Waals surface area (Å²) >= 11 is 0. The number of aromatic nitrogens is 4. The molecule has 8 heteroatoms. The maximum atomic E-state index is 11.8. The first-order valence-corrected chi connectivity index (χ1v) is 5.69. The van der Waals surface area contributed by atoms with Gasteiger partial charge in [0.05, 0.1) is 0 Å². The highest BCUT2D eigenvalue weighted by Gasteiger charge is 2.08. The van der Waals surface area contributed by atoms with Crippen molar-refractivity contribution >= 4 is 11.9 Å². The summed E-state index contributed by atoms with van der Waals surface area (Å²) in [6.07, 6.45) is 5.86. The molecule has 20 heavy (non-hydrogen) atoms. The molecule has 100 valence electrons. The van der Waals surface area contributed by atoms with Gasteiger partial charge >= 0.3 is 0 Å². The van der Waals surface area contributed by atoms with Crippen LogP contribution in [0.4, 0.5) is 5.95 Å². The molecule has 0 atom stereocenters. The minimum atomic E-state index is -0.483. The first-order chi connectivity index (χ1) is 9.79. The Balaban J connectivity index is 1.92. The molecule has 0 fully saturated rings. The maximum Gasteiger partial charge on any atom is 0.263 e. The first kappa shape index (κ1) is 13.2. The third kappa shape index (κ3) is 3.64. The van der Waals surface area contributed by atoms with Crippen LogP contribution in [0.15, 0.2) is 42.6 Å². The molecular weight excluding hydrogens is 258 g/mol. The predicted octanol–water partition coefficient (Wildman–Crippen LogP) is 0.335. The van der Waals surface area contributed by atoms with Crippen molar-refractivity contribution in [2.75, 3.05) is 5.32 Å². The number of hydrogen-bond acceptors (Lipinski definition) is 6. The second-order valence-corrected chi connectivity index (χ2v) is 3.69. The fourth-order valence-corrected chi connectivity index (χ4v) is 1.34. The molecule has 1 amide bonds. The Labute approximate surface area is 114 Å². The third-order valence-corrected chi connectivity index (χ3v) is 2.31. The average molecular weight is 269 g/mol. The van der Waals surface area contributed by atoms with E-state index < -0.39 is 5.91 Å². The fraction of sp³-hybridized carbons (Fsp3) is 0.0833. The second-order valence-electron chi connectivity index (χ2n) is 3.69. The Bertz CT molecular complexity index is 628. The summed E-state index contributed by atoms with van der Waals surface area (Å²) in [5.74, 6) is -0.138. The van der Waals surface area contributed by atoms with Crippen LogP contribution in [-0.4, -0.2) is 26.1 Å². The van der Waals surface area contributed by atoms with Gasteiger partial charge in [-0.2, -0.15) is 15.3 Å². The molecule has 0 aromatic carbocycles. The molecule has 0 unspecified atom stereocenters. The van der Waals surface area contributed by atoms with Crippen molar-refractivity contribution in [1.82, 2.24) is 25.5 Å². The van der Waals surface area contributed by atoms with Crippen LogP contribution in [0.5, 0.6) is 0 Å². The molecule has 0 bridgehead atoms. The van der Waals surface area contributed by atoms with E-state index in [1.165, 1.54) is 12.5 Å².